The molecule has 0 radical (unpaired) electrons. The fraction of sp³-hybridized carbons (Fsp3) is 0.333. The van der Waals surface area contributed by atoms with E-state index in [1.54, 1.807) is 67.0 Å². The molecule has 18 nitrogen and oxygen atoms in total. The van der Waals surface area contributed by atoms with Gasteiger partial charge in [-0.1, -0.05) is 34.8 Å². The molecule has 7 aromatic rings. The summed E-state index contributed by atoms with van der Waals surface area (Å²) in [5.41, 5.74) is 5.93. The lowest BCUT2D eigenvalue weighted by Crippen LogP contribution is -2.50. The predicted octanol–water partition coefficient (Wildman–Crippen LogP) is 4.06. The van der Waals surface area contributed by atoms with Crippen LogP contribution in [0.4, 0.5) is 11.6 Å². The molecule has 0 amide bonds. The first-order valence-corrected chi connectivity index (χ1v) is 19.5. The first-order valence-electron chi connectivity index (χ1n) is 18.3. The second-order valence-corrected chi connectivity index (χ2v) is 14.3. The van der Waals surface area contributed by atoms with Gasteiger partial charge in [0.25, 0.3) is 0 Å². The maximum Gasteiger partial charge on any atom is 0.376 e. The Morgan fingerprint density at radius 2 is 1.36 bits per heavy atom. The lowest BCUT2D eigenvalue weighted by molar-refractivity contribution is 0.00120. The van der Waals surface area contributed by atoms with Crippen LogP contribution in [0.25, 0.3) is 44.4 Å². The quantitative estimate of drug-likeness (QED) is 0.125. The molecule has 2 aliphatic heterocycles. The van der Waals surface area contributed by atoms with Gasteiger partial charge >= 0.3 is 7.05 Å². The molecule has 7 aromatic heterocycles. The zero-order valence-electron chi connectivity index (χ0n) is 31.5. The number of halogens is 3. The van der Waals surface area contributed by atoms with Crippen molar-refractivity contribution in [3.8, 4) is 11.3 Å². The van der Waals surface area contributed by atoms with Crippen LogP contribution in [-0.2, 0) is 16.5 Å². The van der Waals surface area contributed by atoms with E-state index < -0.39 is 7.05 Å². The average Bonchev–Trinajstić information content (AvgIpc) is 3.68. The molecular weight excluding hydrogens is 808 g/mol. The molecular formula is C36H39BCl3N15O3. The Hall–Kier alpha value is -4.99. The van der Waals surface area contributed by atoms with Crippen molar-refractivity contribution in [2.24, 2.45) is 7.05 Å². The lowest BCUT2D eigenvalue weighted by atomic mass is 9.84. The number of morpholine rings is 2. The zero-order valence-corrected chi connectivity index (χ0v) is 33.8. The number of rotatable bonds is 8. The first-order chi connectivity index (χ1) is 28.2. The minimum absolute atomic E-state index is 0.0316. The van der Waals surface area contributed by atoms with Crippen LogP contribution in [0.15, 0.2) is 67.8 Å². The summed E-state index contributed by atoms with van der Waals surface area (Å²) in [7, 11) is 1.42. The molecule has 2 fully saturated rings. The first kappa shape index (κ1) is 41.2. The molecule has 0 bridgehead atoms. The van der Waals surface area contributed by atoms with E-state index in [-0.39, 0.29) is 17.4 Å². The van der Waals surface area contributed by atoms with E-state index in [9.17, 15) is 5.02 Å². The third-order valence-electron chi connectivity index (χ3n) is 8.96. The highest BCUT2D eigenvalue weighted by atomic mass is 35.5. The van der Waals surface area contributed by atoms with Crippen LogP contribution in [-0.4, -0.2) is 136 Å². The molecule has 0 aromatic carbocycles. The summed E-state index contributed by atoms with van der Waals surface area (Å²) in [6.07, 6.45) is 13.6. The Balaban J connectivity index is 0.000000139. The van der Waals surface area contributed by atoms with E-state index >= 15 is 0 Å². The van der Waals surface area contributed by atoms with Crippen molar-refractivity contribution in [3.05, 3.63) is 83.2 Å². The van der Waals surface area contributed by atoms with Crippen LogP contribution >= 0.6 is 34.8 Å². The number of nitrogens with zero attached hydrogens (tertiary/aromatic N) is 12. The van der Waals surface area contributed by atoms with Crippen LogP contribution in [0.2, 0.25) is 22.3 Å². The fourth-order valence-corrected chi connectivity index (χ4v) is 6.80. The lowest BCUT2D eigenvalue weighted by Gasteiger charge is -2.33. The van der Waals surface area contributed by atoms with Gasteiger partial charge in [0.2, 0.25) is 0 Å². The minimum Gasteiger partial charge on any atom is -0.437 e. The molecule has 300 valence electrons. The third-order valence-corrected chi connectivity index (χ3v) is 9.61. The summed E-state index contributed by atoms with van der Waals surface area (Å²) >= 11 is 17.4. The van der Waals surface area contributed by atoms with Gasteiger partial charge in [-0.3, -0.25) is 19.6 Å². The molecule has 0 unspecified atom stereocenters. The highest BCUT2D eigenvalue weighted by molar-refractivity contribution is 6.45. The number of hydrogen-bond acceptors (Lipinski definition) is 17. The SMILES string of the molecule is CB(O)N1CCO[C@H](CNc2nc(Cl)cc3nccnc23)C1.Clc1cc2nccnc2c(Cl)n1.Cn1cc(-c2cc3nccnc3c(NC[C@@H]3CNCCO3)n2)cn1. The maximum absolute atomic E-state index is 9.66. The summed E-state index contributed by atoms with van der Waals surface area (Å²) in [4.78, 5) is 40.2. The molecule has 9 rings (SSSR count). The average molecular weight is 847 g/mol. The standard InChI is InChI=1S/C16H19N7O.C13H17BClN5O2.C7H3Cl2N3/c1-23-10-11(7-21-23)13-6-14-15(19-3-2-18-14)16(22-13)20-9-12-8-17-4-5-24-12;1-14(21)20-4-5-22-9(8-20)7-18-13-12-10(6-11(15)19-13)16-2-3-17-12;8-5-3-4-6(7(9)12-5)11-2-1-10-4/h2-3,6-7,10,12,17H,4-5,8-9H2,1H3,(H,20,22);2-3,6,9,21H,4-5,7-8H2,1H3,(H,18,19);1-3H/t12-;9-;/m01./s1. The highest BCUT2D eigenvalue weighted by Gasteiger charge is 2.25. The van der Waals surface area contributed by atoms with Crippen LogP contribution < -0.4 is 16.0 Å². The molecule has 2 saturated heterocycles. The Bertz CT molecular complexity index is 2460. The van der Waals surface area contributed by atoms with E-state index in [2.05, 4.69) is 60.9 Å². The summed E-state index contributed by atoms with van der Waals surface area (Å²) in [6, 6.07) is 5.24. The number of anilines is 2. The Kier molecular flexibility index (Phi) is 13.9. The van der Waals surface area contributed by atoms with Crippen molar-refractivity contribution in [3.63, 3.8) is 0 Å². The smallest absolute Gasteiger partial charge is 0.376 e. The van der Waals surface area contributed by atoms with Crippen molar-refractivity contribution in [2.45, 2.75) is 19.0 Å². The van der Waals surface area contributed by atoms with Crippen molar-refractivity contribution in [2.75, 3.05) is 63.1 Å². The van der Waals surface area contributed by atoms with Crippen LogP contribution in [0.1, 0.15) is 0 Å². The number of nitrogens with one attached hydrogen (secondary N) is 3. The summed E-state index contributed by atoms with van der Waals surface area (Å²) < 4.78 is 13.2. The topological polar surface area (TPSA) is 212 Å². The fourth-order valence-electron chi connectivity index (χ4n) is 6.14. The van der Waals surface area contributed by atoms with Gasteiger partial charge in [0.05, 0.1) is 53.9 Å². The Morgan fingerprint density at radius 1 is 0.776 bits per heavy atom. The largest absolute Gasteiger partial charge is 0.437 e. The van der Waals surface area contributed by atoms with Gasteiger partial charge in [0, 0.05) is 107 Å². The van der Waals surface area contributed by atoms with Gasteiger partial charge in [0.15, 0.2) is 16.8 Å². The van der Waals surface area contributed by atoms with E-state index in [1.165, 1.54) is 0 Å². The number of pyridine rings is 3. The highest BCUT2D eigenvalue weighted by Crippen LogP contribution is 2.26. The van der Waals surface area contributed by atoms with E-state index in [0.29, 0.717) is 70.2 Å². The number of hydrogen-bond donors (Lipinski definition) is 4. The molecule has 9 heterocycles. The Morgan fingerprint density at radius 3 is 2.00 bits per heavy atom. The van der Waals surface area contributed by atoms with Gasteiger partial charge in [-0.05, 0) is 12.9 Å². The molecule has 4 N–H and O–H groups in total. The maximum atomic E-state index is 9.66. The minimum atomic E-state index is -0.470. The molecule has 0 saturated carbocycles. The molecule has 22 heteroatoms. The van der Waals surface area contributed by atoms with Crippen molar-refractivity contribution in [1.29, 1.82) is 0 Å². The normalized spacial score (nSPS) is 16.9. The molecule has 58 heavy (non-hydrogen) atoms. The van der Waals surface area contributed by atoms with E-state index in [0.717, 1.165) is 48.5 Å². The Labute approximate surface area is 348 Å². The van der Waals surface area contributed by atoms with Gasteiger partial charge in [-0.2, -0.15) is 5.10 Å². The number of fused-ring (bicyclic) bond motifs is 3. The summed E-state index contributed by atoms with van der Waals surface area (Å²) in [5, 5.41) is 24.8. The van der Waals surface area contributed by atoms with Crippen LogP contribution in [0, 0.1) is 0 Å². The zero-order chi connectivity index (χ0) is 40.4. The van der Waals surface area contributed by atoms with Crippen LogP contribution in [0.3, 0.4) is 0 Å². The van der Waals surface area contributed by atoms with Gasteiger partial charge in [0.1, 0.15) is 26.9 Å². The van der Waals surface area contributed by atoms with Crippen molar-refractivity contribution >= 4 is 86.6 Å². The molecule has 2 aliphatic rings. The van der Waals surface area contributed by atoms with Crippen molar-refractivity contribution < 1.29 is 14.5 Å². The van der Waals surface area contributed by atoms with Crippen molar-refractivity contribution in [1.82, 2.24) is 64.8 Å². The molecule has 0 aliphatic carbocycles. The van der Waals surface area contributed by atoms with Crippen LogP contribution in [0.5, 0.6) is 0 Å². The third kappa shape index (κ3) is 10.7. The van der Waals surface area contributed by atoms with E-state index in [1.807, 2.05) is 24.1 Å². The van der Waals surface area contributed by atoms with E-state index in [4.69, 9.17) is 49.3 Å². The second-order valence-electron chi connectivity index (χ2n) is 13.1. The summed E-state index contributed by atoms with van der Waals surface area (Å²) in [5.74, 6) is 1.31. The molecule has 0 spiro atoms. The monoisotopic (exact) mass is 845 g/mol. The molecule has 2 atom stereocenters. The van der Waals surface area contributed by atoms with Gasteiger partial charge < -0.3 is 35.3 Å². The number of aromatic nitrogens is 11. The van der Waals surface area contributed by atoms with Gasteiger partial charge in [-0.25, -0.2) is 29.9 Å². The second kappa shape index (κ2) is 19.6. The predicted molar refractivity (Wildman–Crippen MR) is 224 cm³/mol. The van der Waals surface area contributed by atoms with Gasteiger partial charge in [-0.15, -0.1) is 0 Å². The number of aryl methyl sites for hydroxylation is 1. The summed E-state index contributed by atoms with van der Waals surface area (Å²) in [6.45, 7) is 7.45. The number of ether oxygens (including phenoxy) is 2.